The van der Waals surface area contributed by atoms with Crippen molar-refractivity contribution in [2.24, 2.45) is 0 Å². The third-order valence-corrected chi connectivity index (χ3v) is 7.41. The van der Waals surface area contributed by atoms with Crippen LogP contribution in [0, 0.1) is 0 Å². The Bertz CT molecular complexity index is 1130. The molecule has 1 N–H and O–H groups in total. The third kappa shape index (κ3) is 9.23. The Labute approximate surface area is 236 Å². The molecule has 0 fully saturated rings. The van der Waals surface area contributed by atoms with Gasteiger partial charge in [-0.05, 0) is 41.4 Å². The Balaban J connectivity index is 1.71. The topological polar surface area (TPSA) is 46.9 Å². The number of nitrogens with one attached hydrogen (secondary N) is 1. The van der Waals surface area contributed by atoms with E-state index < -0.39 is 6.04 Å². The maximum absolute atomic E-state index is 13.9. The number of hydrogen-bond donors (Lipinski definition) is 1. The maximum atomic E-state index is 13.9. The van der Waals surface area contributed by atoms with Gasteiger partial charge in [0.25, 0.3) is 5.91 Å². The number of para-hydroxylation sites is 1. The van der Waals surface area contributed by atoms with Crippen molar-refractivity contribution in [1.29, 1.82) is 0 Å². The summed E-state index contributed by atoms with van der Waals surface area (Å²) in [5.74, 6) is 0.530. The van der Waals surface area contributed by atoms with Gasteiger partial charge in [0, 0.05) is 17.4 Å². The average Bonchev–Trinajstić information content (AvgIpc) is 3.38. The quantitative estimate of drug-likeness (QED) is 0.188. The van der Waals surface area contributed by atoms with Crippen LogP contribution in [0.25, 0.3) is 6.08 Å². The molecule has 4 nitrogen and oxygen atoms in total. The van der Waals surface area contributed by atoms with Gasteiger partial charge >= 0.3 is 0 Å². The van der Waals surface area contributed by atoms with Gasteiger partial charge in [0.15, 0.2) is 6.04 Å². The minimum atomic E-state index is -0.554. The number of benzene rings is 2. The average molecular weight is 528 g/mol. The molecule has 4 heteroatoms. The van der Waals surface area contributed by atoms with Crippen LogP contribution in [0.15, 0.2) is 67.0 Å². The standard InChI is InChI=1S/C35H49N3O/c1-6-7-8-9-10-11-12-13-14-16-20-29-25-36-38(26-29)34(30-21-17-15-18-22-30)35(39)37-33-31(27(2)3)23-19-24-32(33)28(4)5/h15-28,34H,6-14H2,1-5H3,(H,37,39). The highest BCUT2D eigenvalue weighted by atomic mass is 16.2. The number of carbonyl (C=O) groups is 1. The lowest BCUT2D eigenvalue weighted by atomic mass is 9.92. The molecule has 39 heavy (non-hydrogen) atoms. The van der Waals surface area contributed by atoms with E-state index in [9.17, 15) is 4.79 Å². The number of amides is 1. The molecule has 3 rings (SSSR count). The van der Waals surface area contributed by atoms with Crippen LogP contribution in [0.5, 0.6) is 0 Å². The van der Waals surface area contributed by atoms with Crippen LogP contribution in [0.4, 0.5) is 5.69 Å². The first-order chi connectivity index (χ1) is 18.9. The Morgan fingerprint density at radius 2 is 1.46 bits per heavy atom. The molecule has 1 unspecified atom stereocenters. The van der Waals surface area contributed by atoms with Crippen molar-refractivity contribution in [3.05, 3.63) is 89.3 Å². The Morgan fingerprint density at radius 3 is 2.08 bits per heavy atom. The van der Waals surface area contributed by atoms with Crippen LogP contribution >= 0.6 is 0 Å². The number of hydrogen-bond acceptors (Lipinski definition) is 2. The molecule has 0 saturated heterocycles. The molecule has 3 aromatic rings. The summed E-state index contributed by atoms with van der Waals surface area (Å²) in [6.07, 6.45) is 19.9. The molecule has 0 aliphatic heterocycles. The van der Waals surface area contributed by atoms with Crippen molar-refractivity contribution in [1.82, 2.24) is 9.78 Å². The third-order valence-electron chi connectivity index (χ3n) is 7.41. The van der Waals surface area contributed by atoms with Crippen LogP contribution in [0.3, 0.4) is 0 Å². The summed E-state index contributed by atoms with van der Waals surface area (Å²) in [7, 11) is 0. The zero-order chi connectivity index (χ0) is 28.0. The smallest absolute Gasteiger partial charge is 0.253 e. The molecule has 0 bridgehead atoms. The monoisotopic (exact) mass is 527 g/mol. The van der Waals surface area contributed by atoms with E-state index in [0.29, 0.717) is 11.8 Å². The summed E-state index contributed by atoms with van der Waals surface area (Å²) in [5.41, 5.74) is 5.19. The molecule has 210 valence electrons. The van der Waals surface area contributed by atoms with Gasteiger partial charge in [0.1, 0.15) is 0 Å². The molecule has 0 radical (unpaired) electrons. The SMILES string of the molecule is CCCCCCCCCCC=Cc1cnn(C(C(=O)Nc2c(C(C)C)cccc2C(C)C)c2ccccc2)c1. The van der Waals surface area contributed by atoms with Crippen LogP contribution < -0.4 is 5.32 Å². The zero-order valence-corrected chi connectivity index (χ0v) is 24.8. The van der Waals surface area contributed by atoms with Crippen LogP contribution in [0.1, 0.15) is 133 Å². The van der Waals surface area contributed by atoms with E-state index >= 15 is 0 Å². The molecule has 1 heterocycles. The van der Waals surface area contributed by atoms with Crippen molar-refractivity contribution in [3.8, 4) is 0 Å². The highest BCUT2D eigenvalue weighted by Crippen LogP contribution is 2.33. The summed E-state index contributed by atoms with van der Waals surface area (Å²) >= 11 is 0. The minimum Gasteiger partial charge on any atom is -0.323 e. The van der Waals surface area contributed by atoms with E-state index in [0.717, 1.165) is 34.4 Å². The van der Waals surface area contributed by atoms with Crippen LogP contribution in [-0.4, -0.2) is 15.7 Å². The predicted molar refractivity (Wildman–Crippen MR) is 166 cm³/mol. The number of aromatic nitrogens is 2. The molecule has 1 amide bonds. The first kappa shape index (κ1) is 30.4. The van der Waals surface area contributed by atoms with Gasteiger partial charge in [-0.15, -0.1) is 0 Å². The van der Waals surface area contributed by atoms with Crippen LogP contribution in [0.2, 0.25) is 0 Å². The Hall–Kier alpha value is -3.14. The molecule has 2 aromatic carbocycles. The molecular formula is C35H49N3O. The number of allylic oxidation sites excluding steroid dienone is 1. The van der Waals surface area contributed by atoms with E-state index in [-0.39, 0.29) is 5.91 Å². The second kappa shape index (κ2) is 16.1. The Kier molecular flexibility index (Phi) is 12.5. The van der Waals surface area contributed by atoms with E-state index in [2.05, 4.69) is 75.4 Å². The lowest BCUT2D eigenvalue weighted by molar-refractivity contribution is -0.118. The fourth-order valence-electron chi connectivity index (χ4n) is 5.14. The molecule has 0 spiro atoms. The second-order valence-corrected chi connectivity index (χ2v) is 11.3. The first-order valence-corrected chi connectivity index (χ1v) is 15.1. The highest BCUT2D eigenvalue weighted by molar-refractivity contribution is 5.97. The van der Waals surface area contributed by atoms with E-state index in [1.807, 2.05) is 42.7 Å². The fraction of sp³-hybridized carbons (Fsp3) is 0.486. The fourth-order valence-corrected chi connectivity index (χ4v) is 5.14. The lowest BCUT2D eigenvalue weighted by Crippen LogP contribution is -2.28. The van der Waals surface area contributed by atoms with Gasteiger partial charge in [-0.25, -0.2) is 0 Å². The van der Waals surface area contributed by atoms with Crippen molar-refractivity contribution in [2.75, 3.05) is 5.32 Å². The van der Waals surface area contributed by atoms with Gasteiger partial charge < -0.3 is 5.32 Å². The van der Waals surface area contributed by atoms with Gasteiger partial charge in [-0.2, -0.15) is 5.10 Å². The van der Waals surface area contributed by atoms with Crippen molar-refractivity contribution >= 4 is 17.7 Å². The van der Waals surface area contributed by atoms with Gasteiger partial charge in [0.2, 0.25) is 0 Å². The molecule has 0 saturated carbocycles. The van der Waals surface area contributed by atoms with Crippen molar-refractivity contribution < 1.29 is 4.79 Å². The molecule has 0 aliphatic carbocycles. The molecular weight excluding hydrogens is 478 g/mol. The summed E-state index contributed by atoms with van der Waals surface area (Å²) in [6.45, 7) is 10.9. The number of anilines is 1. The molecule has 1 aromatic heterocycles. The van der Waals surface area contributed by atoms with Crippen molar-refractivity contribution in [2.45, 2.75) is 110 Å². The minimum absolute atomic E-state index is 0.0752. The summed E-state index contributed by atoms with van der Waals surface area (Å²) in [4.78, 5) is 13.9. The zero-order valence-electron chi connectivity index (χ0n) is 24.8. The highest BCUT2D eigenvalue weighted by Gasteiger charge is 2.26. The van der Waals surface area contributed by atoms with Gasteiger partial charge in [-0.3, -0.25) is 9.48 Å². The Morgan fingerprint density at radius 1 is 0.846 bits per heavy atom. The first-order valence-electron chi connectivity index (χ1n) is 15.1. The largest absolute Gasteiger partial charge is 0.323 e. The summed E-state index contributed by atoms with van der Waals surface area (Å²) in [6, 6.07) is 15.7. The normalized spacial score (nSPS) is 12.5. The van der Waals surface area contributed by atoms with E-state index in [1.165, 1.54) is 51.4 Å². The van der Waals surface area contributed by atoms with Crippen molar-refractivity contribution in [3.63, 3.8) is 0 Å². The number of carbonyl (C=O) groups excluding carboxylic acids is 1. The van der Waals surface area contributed by atoms with Gasteiger partial charge in [0.05, 0.1) is 6.20 Å². The van der Waals surface area contributed by atoms with Crippen LogP contribution in [-0.2, 0) is 4.79 Å². The number of unbranched alkanes of at least 4 members (excludes halogenated alkanes) is 8. The maximum Gasteiger partial charge on any atom is 0.253 e. The summed E-state index contributed by atoms with van der Waals surface area (Å²) < 4.78 is 1.80. The van der Waals surface area contributed by atoms with E-state index in [4.69, 9.17) is 0 Å². The lowest BCUT2D eigenvalue weighted by Gasteiger charge is -2.23. The summed E-state index contributed by atoms with van der Waals surface area (Å²) in [5, 5.41) is 7.96. The number of nitrogens with zero attached hydrogens (tertiary/aromatic N) is 2. The van der Waals surface area contributed by atoms with E-state index in [1.54, 1.807) is 4.68 Å². The predicted octanol–water partition coefficient (Wildman–Crippen LogP) is 9.90. The molecule has 0 aliphatic rings. The second-order valence-electron chi connectivity index (χ2n) is 11.3. The number of rotatable bonds is 16. The molecule has 1 atom stereocenters. The van der Waals surface area contributed by atoms with Gasteiger partial charge in [-0.1, -0.05) is 140 Å².